The normalized spacial score (nSPS) is 36.3. The van der Waals surface area contributed by atoms with Gasteiger partial charge in [0.1, 0.15) is 0 Å². The lowest BCUT2D eigenvalue weighted by molar-refractivity contribution is -0.0288. The molecule has 0 bridgehead atoms. The van der Waals surface area contributed by atoms with Crippen molar-refractivity contribution in [1.29, 1.82) is 0 Å². The quantitative estimate of drug-likeness (QED) is 0.839. The smallest absolute Gasteiger partial charge is 0.0428 e. The van der Waals surface area contributed by atoms with Crippen LogP contribution in [0, 0.1) is 5.41 Å². The monoisotopic (exact) mass is 285 g/mol. The average molecular weight is 286 g/mol. The largest absolute Gasteiger partial charge is 0.329 e. The van der Waals surface area contributed by atoms with E-state index in [1.807, 2.05) is 0 Å². The van der Waals surface area contributed by atoms with E-state index in [2.05, 4.69) is 56.3 Å². The predicted octanol–water partition coefficient (Wildman–Crippen LogP) is 1.87. The molecule has 0 radical (unpaired) electrons. The fourth-order valence-corrected chi connectivity index (χ4v) is 5.16. The van der Waals surface area contributed by atoms with Gasteiger partial charge in [-0.1, -0.05) is 13.8 Å². The molecule has 2 N–H and O–H groups in total. The predicted molar refractivity (Wildman–Crippen MR) is 85.8 cm³/mol. The van der Waals surface area contributed by atoms with E-state index in [1.165, 1.54) is 17.9 Å². The molecule has 112 valence electrons. The summed E-state index contributed by atoms with van der Waals surface area (Å²) in [6.07, 6.45) is 1.24. The molecular weight excluding hydrogens is 254 g/mol. The molecule has 1 atom stereocenters. The Bertz CT molecular complexity index is 329. The van der Waals surface area contributed by atoms with E-state index < -0.39 is 0 Å². The number of hydrogen-bond donors (Lipinski definition) is 1. The lowest BCUT2D eigenvalue weighted by Gasteiger charge is -2.56. The fourth-order valence-electron chi connectivity index (χ4n) is 3.62. The number of thioether (sulfide) groups is 1. The maximum absolute atomic E-state index is 6.24. The van der Waals surface area contributed by atoms with Gasteiger partial charge < -0.3 is 5.73 Å². The van der Waals surface area contributed by atoms with Gasteiger partial charge in [0.25, 0.3) is 0 Å². The summed E-state index contributed by atoms with van der Waals surface area (Å²) >= 11 is 2.09. The van der Waals surface area contributed by atoms with E-state index in [0.29, 0.717) is 5.41 Å². The Hall–Kier alpha value is 0.230. The molecule has 0 spiro atoms. The van der Waals surface area contributed by atoms with Crippen LogP contribution < -0.4 is 5.73 Å². The second-order valence-electron chi connectivity index (χ2n) is 7.92. The van der Waals surface area contributed by atoms with E-state index in [9.17, 15) is 0 Å². The average Bonchev–Trinajstić information content (AvgIpc) is 2.31. The second kappa shape index (κ2) is 5.21. The molecule has 0 saturated carbocycles. The number of nitrogens with zero attached hydrogens (tertiary/aromatic N) is 2. The zero-order chi connectivity index (χ0) is 14.3. The van der Waals surface area contributed by atoms with Crippen LogP contribution in [-0.2, 0) is 0 Å². The highest BCUT2D eigenvalue weighted by Crippen LogP contribution is 2.43. The minimum absolute atomic E-state index is 0.213. The third kappa shape index (κ3) is 3.12. The molecule has 2 fully saturated rings. The number of nitrogens with two attached hydrogens (primary N) is 1. The number of rotatable bonds is 2. The Morgan fingerprint density at radius 3 is 2.32 bits per heavy atom. The Balaban J connectivity index is 2.18. The highest BCUT2D eigenvalue weighted by atomic mass is 32.2. The summed E-state index contributed by atoms with van der Waals surface area (Å²) in [4.78, 5) is 5.18. The number of hydrogen-bond acceptors (Lipinski definition) is 4. The standard InChI is InChI=1S/C15H31N3S/c1-13(2)8-15(9-16,12-19-11-13)18-7-6-17(5)14(3,4)10-18/h6-12,16H2,1-5H3. The van der Waals surface area contributed by atoms with Crippen LogP contribution in [0.15, 0.2) is 0 Å². The first kappa shape index (κ1) is 15.6. The highest BCUT2D eigenvalue weighted by molar-refractivity contribution is 7.99. The SMILES string of the molecule is CN1CCN(C2(CN)CSCC(C)(C)C2)CC1(C)C. The molecule has 0 amide bonds. The maximum atomic E-state index is 6.24. The molecule has 0 aromatic heterocycles. The Kier molecular flexibility index (Phi) is 4.28. The highest BCUT2D eigenvalue weighted by Gasteiger charge is 2.46. The number of piperazine rings is 1. The van der Waals surface area contributed by atoms with Gasteiger partial charge in [0.2, 0.25) is 0 Å². The molecule has 0 aromatic carbocycles. The molecule has 2 heterocycles. The first-order chi connectivity index (χ1) is 8.71. The molecule has 2 saturated heterocycles. The zero-order valence-corrected chi connectivity index (χ0v) is 14.1. The maximum Gasteiger partial charge on any atom is 0.0428 e. The van der Waals surface area contributed by atoms with Gasteiger partial charge in [0.05, 0.1) is 0 Å². The van der Waals surface area contributed by atoms with Gasteiger partial charge in [0, 0.05) is 43.0 Å². The topological polar surface area (TPSA) is 32.5 Å². The molecule has 4 heteroatoms. The van der Waals surface area contributed by atoms with E-state index in [-0.39, 0.29) is 11.1 Å². The summed E-state index contributed by atoms with van der Waals surface area (Å²) in [7, 11) is 2.24. The Morgan fingerprint density at radius 1 is 1.11 bits per heavy atom. The van der Waals surface area contributed by atoms with Crippen LogP contribution in [0.4, 0.5) is 0 Å². The lowest BCUT2D eigenvalue weighted by Crippen LogP contribution is -2.68. The van der Waals surface area contributed by atoms with Crippen LogP contribution in [0.2, 0.25) is 0 Å². The van der Waals surface area contributed by atoms with Crippen molar-refractivity contribution in [3.05, 3.63) is 0 Å². The van der Waals surface area contributed by atoms with Gasteiger partial charge in [-0.15, -0.1) is 0 Å². The molecule has 19 heavy (non-hydrogen) atoms. The summed E-state index contributed by atoms with van der Waals surface area (Å²) in [5, 5.41) is 0. The van der Waals surface area contributed by atoms with Crippen LogP contribution in [-0.4, -0.2) is 65.6 Å². The summed E-state index contributed by atoms with van der Waals surface area (Å²) < 4.78 is 0. The van der Waals surface area contributed by atoms with Gasteiger partial charge in [-0.25, -0.2) is 0 Å². The first-order valence-electron chi connectivity index (χ1n) is 7.45. The zero-order valence-electron chi connectivity index (χ0n) is 13.3. The molecule has 0 aliphatic carbocycles. The molecule has 0 aromatic rings. The summed E-state index contributed by atoms with van der Waals surface area (Å²) in [5.41, 5.74) is 7.13. The van der Waals surface area contributed by atoms with Crippen LogP contribution in [0.5, 0.6) is 0 Å². The minimum atomic E-state index is 0.213. The van der Waals surface area contributed by atoms with Crippen LogP contribution in [0.25, 0.3) is 0 Å². The molecule has 3 nitrogen and oxygen atoms in total. The van der Waals surface area contributed by atoms with Gasteiger partial charge in [-0.2, -0.15) is 11.8 Å². The third-order valence-corrected chi connectivity index (χ3v) is 6.77. The van der Waals surface area contributed by atoms with E-state index in [0.717, 1.165) is 26.2 Å². The van der Waals surface area contributed by atoms with Gasteiger partial charge in [-0.3, -0.25) is 9.80 Å². The van der Waals surface area contributed by atoms with Gasteiger partial charge in [0.15, 0.2) is 0 Å². The van der Waals surface area contributed by atoms with Crippen LogP contribution in [0.1, 0.15) is 34.1 Å². The molecule has 2 aliphatic heterocycles. The first-order valence-corrected chi connectivity index (χ1v) is 8.60. The van der Waals surface area contributed by atoms with Crippen LogP contribution >= 0.6 is 11.8 Å². The van der Waals surface area contributed by atoms with E-state index >= 15 is 0 Å². The lowest BCUT2D eigenvalue weighted by atomic mass is 9.77. The fraction of sp³-hybridized carbons (Fsp3) is 1.00. The van der Waals surface area contributed by atoms with Gasteiger partial charge in [-0.05, 0) is 38.5 Å². The van der Waals surface area contributed by atoms with Crippen molar-refractivity contribution in [2.45, 2.75) is 45.2 Å². The van der Waals surface area contributed by atoms with Crippen molar-refractivity contribution in [1.82, 2.24) is 9.80 Å². The summed E-state index contributed by atoms with van der Waals surface area (Å²) in [5.74, 6) is 2.47. The van der Waals surface area contributed by atoms with E-state index in [4.69, 9.17) is 5.73 Å². The van der Waals surface area contributed by atoms with Crippen molar-refractivity contribution in [2.24, 2.45) is 11.1 Å². The molecule has 2 aliphatic rings. The summed E-state index contributed by atoms with van der Waals surface area (Å²) in [6, 6.07) is 0. The van der Waals surface area contributed by atoms with Crippen molar-refractivity contribution < 1.29 is 0 Å². The second-order valence-corrected chi connectivity index (χ2v) is 8.90. The Labute approximate surface area is 123 Å². The van der Waals surface area contributed by atoms with Crippen molar-refractivity contribution >= 4 is 11.8 Å². The molecule has 2 rings (SSSR count). The summed E-state index contributed by atoms with van der Waals surface area (Å²) in [6.45, 7) is 13.7. The van der Waals surface area contributed by atoms with Crippen molar-refractivity contribution in [3.63, 3.8) is 0 Å². The van der Waals surface area contributed by atoms with Crippen molar-refractivity contribution in [2.75, 3.05) is 44.7 Å². The minimum Gasteiger partial charge on any atom is -0.329 e. The van der Waals surface area contributed by atoms with Crippen molar-refractivity contribution in [3.8, 4) is 0 Å². The number of likely N-dealkylation sites (N-methyl/N-ethyl adjacent to an activating group) is 1. The molecular formula is C15H31N3S. The Morgan fingerprint density at radius 2 is 1.79 bits per heavy atom. The molecule has 1 unspecified atom stereocenters. The van der Waals surface area contributed by atoms with Crippen LogP contribution in [0.3, 0.4) is 0 Å². The third-order valence-electron chi connectivity index (χ3n) is 5.04. The van der Waals surface area contributed by atoms with E-state index in [1.54, 1.807) is 0 Å². The van der Waals surface area contributed by atoms with Gasteiger partial charge >= 0.3 is 0 Å².